The molecule has 71 heavy (non-hydrogen) atoms. The van der Waals surface area contributed by atoms with Crippen molar-refractivity contribution in [2.45, 2.75) is 105 Å². The highest BCUT2D eigenvalue weighted by molar-refractivity contribution is 6.35. The van der Waals surface area contributed by atoms with Crippen LogP contribution in [0.1, 0.15) is 105 Å². The standard InChI is InChI=1S/C68H61N3/c1-65(2,3)39-23-27-57-49(31-39)50-33-41(67(7,8)9)36-53-60-45-25-29-59-61(46(45)24-28-58(60)70(57)63(50)53)54-37-42(68(10,11)12)35-52-51-34-40(66(4,5)6)32-47(62(51)71(59)64(52)54)38-22-26-56-48(30-38)44-20-16-17-21-55(44)69(56)43-18-14-13-15-19-43/h13-37H,1-12H3. The van der Waals surface area contributed by atoms with Crippen molar-refractivity contribution < 1.29 is 0 Å². The molecule has 0 atom stereocenters. The van der Waals surface area contributed by atoms with Crippen LogP contribution in [0.5, 0.6) is 0 Å². The molecular weight excluding hydrogens is 859 g/mol. The zero-order valence-corrected chi connectivity index (χ0v) is 43.3. The maximum atomic E-state index is 2.65. The second kappa shape index (κ2) is 13.7. The Hall–Kier alpha value is -7.36. The van der Waals surface area contributed by atoms with Gasteiger partial charge in [-0.1, -0.05) is 144 Å². The molecule has 0 amide bonds. The molecule has 0 saturated heterocycles. The number of benzene rings is 9. The zero-order valence-electron chi connectivity index (χ0n) is 43.3. The fraction of sp³-hybridized carbons (Fsp3) is 0.235. The second-order valence-corrected chi connectivity index (χ2v) is 25.1. The Labute approximate surface area is 415 Å². The van der Waals surface area contributed by atoms with Gasteiger partial charge in [-0.25, -0.2) is 0 Å². The smallest absolute Gasteiger partial charge is 0.0621 e. The lowest BCUT2D eigenvalue weighted by molar-refractivity contribution is 0.590. The molecule has 0 aliphatic heterocycles. The molecule has 14 aromatic rings. The molecule has 0 saturated carbocycles. The molecule has 5 heterocycles. The van der Waals surface area contributed by atoms with Gasteiger partial charge in [0.25, 0.3) is 0 Å². The van der Waals surface area contributed by atoms with E-state index < -0.39 is 0 Å². The highest BCUT2D eigenvalue weighted by atomic mass is 15.0. The zero-order chi connectivity index (χ0) is 49.0. The van der Waals surface area contributed by atoms with E-state index in [2.05, 4.69) is 248 Å². The van der Waals surface area contributed by atoms with Crippen molar-refractivity contribution in [3.63, 3.8) is 0 Å². The molecule has 0 fully saturated rings. The Bertz CT molecular complexity index is 4580. The topological polar surface area (TPSA) is 13.8 Å². The van der Waals surface area contributed by atoms with Crippen LogP contribution in [0.15, 0.2) is 152 Å². The molecule has 0 unspecified atom stereocenters. The molecule has 0 radical (unpaired) electrons. The quantitative estimate of drug-likeness (QED) is 0.164. The Balaban J connectivity index is 1.12. The van der Waals surface area contributed by atoms with Crippen molar-refractivity contribution in [1.82, 2.24) is 13.4 Å². The maximum Gasteiger partial charge on any atom is 0.0621 e. The molecule has 14 rings (SSSR count). The predicted molar refractivity (Wildman–Crippen MR) is 308 cm³/mol. The van der Waals surface area contributed by atoms with Crippen LogP contribution in [0.25, 0.3) is 126 Å². The first kappa shape index (κ1) is 42.5. The molecule has 9 aromatic carbocycles. The number of rotatable bonds is 2. The number of aromatic nitrogens is 3. The van der Waals surface area contributed by atoms with Gasteiger partial charge in [-0.2, -0.15) is 0 Å². The van der Waals surface area contributed by atoms with Crippen LogP contribution in [0.4, 0.5) is 0 Å². The van der Waals surface area contributed by atoms with Crippen molar-refractivity contribution in [3.05, 3.63) is 174 Å². The van der Waals surface area contributed by atoms with Gasteiger partial charge >= 0.3 is 0 Å². The number of hydrogen-bond acceptors (Lipinski definition) is 0. The first-order valence-electron chi connectivity index (χ1n) is 25.8. The minimum Gasteiger partial charge on any atom is -0.309 e. The van der Waals surface area contributed by atoms with Crippen LogP contribution in [0.2, 0.25) is 0 Å². The minimum atomic E-state index is -0.0667. The van der Waals surface area contributed by atoms with Gasteiger partial charge < -0.3 is 13.4 Å². The minimum absolute atomic E-state index is 0.0209. The van der Waals surface area contributed by atoms with Crippen LogP contribution in [0.3, 0.4) is 0 Å². The average Bonchev–Trinajstić information content (AvgIpc) is 4.12. The summed E-state index contributed by atoms with van der Waals surface area (Å²) >= 11 is 0. The van der Waals surface area contributed by atoms with Crippen molar-refractivity contribution in [3.8, 4) is 16.8 Å². The molecule has 348 valence electrons. The van der Waals surface area contributed by atoms with E-state index >= 15 is 0 Å². The summed E-state index contributed by atoms with van der Waals surface area (Å²) in [5, 5.41) is 15.9. The molecule has 0 N–H and O–H groups in total. The number of para-hydroxylation sites is 2. The predicted octanol–water partition coefficient (Wildman–Crippen LogP) is 19.1. The summed E-state index contributed by atoms with van der Waals surface area (Å²) in [6.45, 7) is 28.2. The van der Waals surface area contributed by atoms with Crippen molar-refractivity contribution >= 4 is 109 Å². The third-order valence-electron chi connectivity index (χ3n) is 16.5. The lowest BCUT2D eigenvalue weighted by Gasteiger charge is -2.22. The summed E-state index contributed by atoms with van der Waals surface area (Å²) in [7, 11) is 0. The van der Waals surface area contributed by atoms with E-state index in [1.807, 2.05) is 0 Å². The third kappa shape index (κ3) is 5.78. The van der Waals surface area contributed by atoms with Crippen molar-refractivity contribution in [2.24, 2.45) is 0 Å². The van der Waals surface area contributed by atoms with E-state index in [9.17, 15) is 0 Å². The molecule has 0 aliphatic carbocycles. The summed E-state index contributed by atoms with van der Waals surface area (Å²) in [5.41, 5.74) is 19.2. The number of hydrogen-bond donors (Lipinski definition) is 0. The summed E-state index contributed by atoms with van der Waals surface area (Å²) < 4.78 is 7.64. The lowest BCUT2D eigenvalue weighted by atomic mass is 9.82. The summed E-state index contributed by atoms with van der Waals surface area (Å²) in [4.78, 5) is 0. The first-order chi connectivity index (χ1) is 33.8. The summed E-state index contributed by atoms with van der Waals surface area (Å²) in [6, 6.07) is 59.0. The number of fused-ring (bicyclic) bond motifs is 18. The molecule has 0 spiro atoms. The second-order valence-electron chi connectivity index (χ2n) is 25.1. The molecule has 0 bridgehead atoms. The molecule has 5 aromatic heterocycles. The van der Waals surface area contributed by atoms with Crippen molar-refractivity contribution in [1.29, 1.82) is 0 Å². The van der Waals surface area contributed by atoms with E-state index in [0.29, 0.717) is 0 Å². The van der Waals surface area contributed by atoms with E-state index in [1.165, 1.54) is 148 Å². The van der Waals surface area contributed by atoms with Gasteiger partial charge in [-0.3, -0.25) is 0 Å². The normalized spacial score (nSPS) is 13.6. The van der Waals surface area contributed by atoms with Crippen LogP contribution in [-0.4, -0.2) is 13.4 Å². The number of nitrogens with zero attached hydrogens (tertiary/aromatic N) is 3. The Morgan fingerprint density at radius 1 is 0.282 bits per heavy atom. The highest BCUT2D eigenvalue weighted by Crippen LogP contribution is 2.51. The monoisotopic (exact) mass is 919 g/mol. The van der Waals surface area contributed by atoms with E-state index in [4.69, 9.17) is 0 Å². The molecule has 3 nitrogen and oxygen atoms in total. The van der Waals surface area contributed by atoms with Crippen molar-refractivity contribution in [2.75, 3.05) is 0 Å². The summed E-state index contributed by atoms with van der Waals surface area (Å²) in [5.74, 6) is 0. The first-order valence-corrected chi connectivity index (χ1v) is 25.8. The van der Waals surface area contributed by atoms with Crippen LogP contribution >= 0.6 is 0 Å². The highest BCUT2D eigenvalue weighted by Gasteiger charge is 2.30. The lowest BCUT2D eigenvalue weighted by Crippen LogP contribution is -2.11. The van der Waals surface area contributed by atoms with Gasteiger partial charge in [0.1, 0.15) is 0 Å². The van der Waals surface area contributed by atoms with Gasteiger partial charge in [0.05, 0.1) is 44.1 Å². The largest absolute Gasteiger partial charge is 0.309 e. The average molecular weight is 920 g/mol. The van der Waals surface area contributed by atoms with Gasteiger partial charge in [-0.15, -0.1) is 0 Å². The fourth-order valence-electron chi connectivity index (χ4n) is 12.6. The molecule has 3 heteroatoms. The fourth-order valence-corrected chi connectivity index (χ4v) is 12.6. The van der Waals surface area contributed by atoms with Gasteiger partial charge in [-0.05, 0) is 151 Å². The SMILES string of the molecule is CC(C)(C)c1ccc2c(c1)c1cc(C(C)(C)C)cc3c4c5ccc6c(c5ccc4n2c13)c1cc(C(C)(C)C)cc2c3cc(C(C)(C)C)cc(-c4ccc5c(c4)c4ccccc4n5-c4ccccc4)c3n6c21. The van der Waals surface area contributed by atoms with E-state index in [1.54, 1.807) is 0 Å². The van der Waals surface area contributed by atoms with Crippen LogP contribution in [-0.2, 0) is 21.7 Å². The Morgan fingerprint density at radius 2 is 0.732 bits per heavy atom. The van der Waals surface area contributed by atoms with Gasteiger partial charge in [0, 0.05) is 65.1 Å². The van der Waals surface area contributed by atoms with Gasteiger partial charge in [0.2, 0.25) is 0 Å². The Morgan fingerprint density at radius 3 is 1.35 bits per heavy atom. The van der Waals surface area contributed by atoms with Crippen LogP contribution in [0, 0.1) is 0 Å². The maximum absolute atomic E-state index is 2.65. The van der Waals surface area contributed by atoms with Gasteiger partial charge in [0.15, 0.2) is 0 Å². The molecule has 0 aliphatic rings. The van der Waals surface area contributed by atoms with Crippen LogP contribution < -0.4 is 0 Å². The van der Waals surface area contributed by atoms with E-state index in [-0.39, 0.29) is 21.7 Å². The third-order valence-corrected chi connectivity index (χ3v) is 16.5. The Kier molecular flexibility index (Phi) is 8.22. The summed E-state index contributed by atoms with van der Waals surface area (Å²) in [6.07, 6.45) is 0. The van der Waals surface area contributed by atoms with E-state index in [0.717, 1.165) is 0 Å². The molecular formula is C68H61N3.